The molecule has 0 aliphatic carbocycles. The Labute approximate surface area is 95.0 Å². The van der Waals surface area contributed by atoms with Crippen molar-refractivity contribution in [2.24, 2.45) is 0 Å². The molecular weight excluding hydrogens is 212 g/mol. The summed E-state index contributed by atoms with van der Waals surface area (Å²) in [5.74, 6) is 0. The average Bonchev–Trinajstić information content (AvgIpc) is 1.96. The van der Waals surface area contributed by atoms with Crippen LogP contribution in [-0.4, -0.2) is 28.1 Å². The predicted molar refractivity (Wildman–Crippen MR) is 56.1 cm³/mol. The Balaban J connectivity index is 4.47. The van der Waals surface area contributed by atoms with Gasteiger partial charge >= 0.3 is 12.2 Å². The third-order valence-electron chi connectivity index (χ3n) is 1.13. The summed E-state index contributed by atoms with van der Waals surface area (Å²) in [6.07, 6.45) is -2.33. The molecule has 6 heteroatoms. The van der Waals surface area contributed by atoms with Crippen molar-refractivity contribution in [3.05, 3.63) is 5.53 Å². The van der Waals surface area contributed by atoms with E-state index in [-0.39, 0.29) is 4.70 Å². The first-order valence-corrected chi connectivity index (χ1v) is 4.87. The zero-order valence-electron chi connectivity index (χ0n) is 10.5. The molecule has 0 rings (SSSR count). The van der Waals surface area contributed by atoms with Crippen LogP contribution in [0.3, 0.4) is 0 Å². The maximum Gasteiger partial charge on any atom is 0.597 e. The van der Waals surface area contributed by atoms with Crippen molar-refractivity contribution < 1.29 is 23.8 Å². The Morgan fingerprint density at radius 2 is 1.12 bits per heavy atom. The minimum absolute atomic E-state index is 0.184. The predicted octanol–water partition coefficient (Wildman–Crippen LogP) is 2.89. The number of hydrogen-bond acceptors (Lipinski definition) is 4. The van der Waals surface area contributed by atoms with Gasteiger partial charge < -0.3 is 15.0 Å². The van der Waals surface area contributed by atoms with Crippen LogP contribution >= 0.6 is 0 Å². The first kappa shape index (κ1) is 14.5. The van der Waals surface area contributed by atoms with E-state index in [0.717, 1.165) is 0 Å². The fourth-order valence-electron chi connectivity index (χ4n) is 0.685. The first-order valence-electron chi connectivity index (χ1n) is 4.87. The van der Waals surface area contributed by atoms with Crippen LogP contribution in [0.5, 0.6) is 0 Å². The van der Waals surface area contributed by atoms with E-state index in [2.05, 4.69) is 0 Å². The van der Waals surface area contributed by atoms with E-state index in [9.17, 15) is 15.1 Å². The van der Waals surface area contributed by atoms with Crippen LogP contribution in [0.2, 0.25) is 0 Å². The molecule has 6 nitrogen and oxygen atoms in total. The zero-order valence-corrected chi connectivity index (χ0v) is 10.5. The summed E-state index contributed by atoms with van der Waals surface area (Å²) in [5, 5.41) is 0. The van der Waals surface area contributed by atoms with Crippen molar-refractivity contribution in [1.82, 2.24) is 0 Å². The molecule has 16 heavy (non-hydrogen) atoms. The van der Waals surface area contributed by atoms with Gasteiger partial charge in [0.05, 0.1) is 0 Å². The molecule has 0 saturated heterocycles. The lowest BCUT2D eigenvalue weighted by Crippen LogP contribution is -2.36. The molecule has 0 aromatic rings. The lowest BCUT2D eigenvalue weighted by Gasteiger charge is -2.19. The summed E-state index contributed by atoms with van der Waals surface area (Å²) in [6, 6.07) is 0. The van der Waals surface area contributed by atoms with Crippen molar-refractivity contribution in [3.63, 3.8) is 0 Å². The van der Waals surface area contributed by atoms with Crippen LogP contribution in [0, 0.1) is 0 Å². The smallest absolute Gasteiger partial charge is 0.481 e. The second-order valence-corrected chi connectivity index (χ2v) is 5.27. The number of amides is 2. The van der Waals surface area contributed by atoms with Gasteiger partial charge in [-0.3, -0.25) is 0 Å². The molecule has 0 aliphatic rings. The quantitative estimate of drug-likeness (QED) is 0.473. The molecule has 0 unspecified atom stereocenters. The Hall–Kier alpha value is -1.46. The maximum atomic E-state index is 11.2. The average molecular weight is 230 g/mol. The molecule has 0 aromatic carbocycles. The molecule has 0 atom stereocenters. The van der Waals surface area contributed by atoms with Crippen LogP contribution in [0.25, 0.3) is 5.53 Å². The molecule has 0 saturated carbocycles. The van der Waals surface area contributed by atoms with Crippen LogP contribution in [0.4, 0.5) is 9.59 Å². The van der Waals surface area contributed by atoms with Crippen molar-refractivity contribution in [2.45, 2.75) is 52.7 Å². The second-order valence-electron chi connectivity index (χ2n) is 5.27. The van der Waals surface area contributed by atoms with Crippen molar-refractivity contribution in [1.29, 1.82) is 0 Å². The maximum absolute atomic E-state index is 11.2. The van der Waals surface area contributed by atoms with Crippen LogP contribution < -0.4 is 0 Å². The zero-order chi connectivity index (χ0) is 13.1. The van der Waals surface area contributed by atoms with Crippen molar-refractivity contribution in [3.8, 4) is 0 Å². The summed E-state index contributed by atoms with van der Waals surface area (Å²) in [5.41, 5.74) is 7.61. The second kappa shape index (κ2) is 4.59. The Morgan fingerprint density at radius 1 is 0.875 bits per heavy atom. The SMILES string of the molecule is CC(C)(C)OC(=O)[N+](=[N-])C(=O)OC(C)(C)C. The van der Waals surface area contributed by atoms with Crippen LogP contribution in [0.15, 0.2) is 0 Å². The third-order valence-corrected chi connectivity index (χ3v) is 1.13. The van der Waals surface area contributed by atoms with E-state index in [0.29, 0.717) is 0 Å². The highest BCUT2D eigenvalue weighted by atomic mass is 16.6. The van der Waals surface area contributed by atoms with Crippen molar-refractivity contribution in [2.75, 3.05) is 0 Å². The van der Waals surface area contributed by atoms with E-state index in [1.807, 2.05) is 0 Å². The van der Waals surface area contributed by atoms with Gasteiger partial charge in [-0.15, -0.1) is 4.70 Å². The van der Waals surface area contributed by atoms with Gasteiger partial charge in [0.25, 0.3) is 0 Å². The number of rotatable bonds is 0. The van der Waals surface area contributed by atoms with Crippen LogP contribution in [-0.2, 0) is 9.47 Å². The molecule has 2 amide bonds. The standard InChI is InChI=1S/C10H18N2O4/c1-9(2,3)15-7(13)12(11)8(14)16-10(4,5)6/h1-6H3. The molecule has 0 spiro atoms. The molecule has 0 heterocycles. The van der Waals surface area contributed by atoms with Gasteiger partial charge in [-0.2, -0.15) is 9.59 Å². The van der Waals surface area contributed by atoms with Gasteiger partial charge in [-0.05, 0) is 41.5 Å². The summed E-state index contributed by atoms with van der Waals surface area (Å²) in [6.45, 7) is 9.71. The monoisotopic (exact) mass is 230 g/mol. The van der Waals surface area contributed by atoms with E-state index >= 15 is 0 Å². The lowest BCUT2D eigenvalue weighted by atomic mass is 10.2. The van der Waals surface area contributed by atoms with Gasteiger partial charge in [-0.25, -0.2) is 0 Å². The highest BCUT2D eigenvalue weighted by molar-refractivity contribution is 5.73. The fraction of sp³-hybridized carbons (Fsp3) is 0.800. The summed E-state index contributed by atoms with van der Waals surface area (Å²) < 4.78 is 9.36. The molecule has 0 bridgehead atoms. The lowest BCUT2D eigenvalue weighted by molar-refractivity contribution is -0.399. The highest BCUT2D eigenvalue weighted by Gasteiger charge is 2.32. The Morgan fingerprint density at radius 3 is 1.31 bits per heavy atom. The molecular formula is C10H18N2O4. The number of carbonyl (C=O) groups is 2. The largest absolute Gasteiger partial charge is 0.597 e. The molecule has 0 aromatic heterocycles. The molecule has 0 radical (unpaired) electrons. The number of ether oxygens (including phenoxy) is 2. The molecule has 0 fully saturated rings. The first-order chi connectivity index (χ1) is 6.92. The Bertz CT molecular complexity index is 280. The van der Waals surface area contributed by atoms with Gasteiger partial charge in [0, 0.05) is 0 Å². The highest BCUT2D eigenvalue weighted by Crippen LogP contribution is 2.11. The van der Waals surface area contributed by atoms with E-state index in [4.69, 9.17) is 9.47 Å². The molecule has 92 valence electrons. The summed E-state index contributed by atoms with van der Waals surface area (Å²) in [7, 11) is 0. The summed E-state index contributed by atoms with van der Waals surface area (Å²) >= 11 is 0. The van der Waals surface area contributed by atoms with E-state index < -0.39 is 23.4 Å². The minimum atomic E-state index is -1.17. The molecule has 0 aliphatic heterocycles. The fourth-order valence-corrected chi connectivity index (χ4v) is 0.685. The van der Waals surface area contributed by atoms with Gasteiger partial charge in [0.1, 0.15) is 11.2 Å². The summed E-state index contributed by atoms with van der Waals surface area (Å²) in [4.78, 5) is 22.5. The van der Waals surface area contributed by atoms with Crippen LogP contribution in [0.1, 0.15) is 41.5 Å². The normalized spacial score (nSPS) is 11.9. The van der Waals surface area contributed by atoms with Gasteiger partial charge in [-0.1, -0.05) is 0 Å². The Kier molecular flexibility index (Phi) is 4.17. The number of imide groups is 1. The topological polar surface area (TPSA) is 77.9 Å². The van der Waals surface area contributed by atoms with Crippen molar-refractivity contribution >= 4 is 12.2 Å². The number of nitrogens with zero attached hydrogens (tertiary/aromatic N) is 2. The van der Waals surface area contributed by atoms with Gasteiger partial charge in [0.2, 0.25) is 0 Å². The number of carbonyl (C=O) groups excluding carboxylic acids is 2. The van der Waals surface area contributed by atoms with E-state index in [1.165, 1.54) is 0 Å². The number of hydrogen-bond donors (Lipinski definition) is 0. The molecule has 0 N–H and O–H groups in total. The van der Waals surface area contributed by atoms with Gasteiger partial charge in [0.15, 0.2) is 0 Å². The minimum Gasteiger partial charge on any atom is -0.481 e. The van der Waals surface area contributed by atoms with E-state index in [1.54, 1.807) is 41.5 Å². The third kappa shape index (κ3) is 6.10.